The number of fused-ring (bicyclic) bond motifs is 2. The second-order valence-corrected chi connectivity index (χ2v) is 7.71. The van der Waals surface area contributed by atoms with Crippen molar-refractivity contribution in [2.24, 2.45) is 0 Å². The minimum absolute atomic E-state index is 0.0142. The summed E-state index contributed by atoms with van der Waals surface area (Å²) in [5, 5.41) is 3.89. The van der Waals surface area contributed by atoms with Gasteiger partial charge in [-0.15, -0.1) is 0 Å². The molecule has 1 N–H and O–H groups in total. The van der Waals surface area contributed by atoms with Gasteiger partial charge in [0, 0.05) is 30.1 Å². The average molecular weight is 367 g/mol. The van der Waals surface area contributed by atoms with Crippen LogP contribution < -0.4 is 10.2 Å². The molecule has 0 atom stereocenters. The maximum absolute atomic E-state index is 13.1. The summed E-state index contributed by atoms with van der Waals surface area (Å²) < 4.78 is 0. The summed E-state index contributed by atoms with van der Waals surface area (Å²) >= 11 is 1.50. The van der Waals surface area contributed by atoms with Crippen LogP contribution in [0.3, 0.4) is 0 Å². The number of pyridine rings is 1. The van der Waals surface area contributed by atoms with E-state index in [0.29, 0.717) is 24.6 Å². The van der Waals surface area contributed by atoms with Crippen molar-refractivity contribution < 1.29 is 9.59 Å². The molecule has 1 aromatic heterocycles. The largest absolute Gasteiger partial charge is 0.353 e. The highest BCUT2D eigenvalue weighted by atomic mass is 32.2. The Morgan fingerprint density at radius 3 is 2.85 bits per heavy atom. The first kappa shape index (κ1) is 17.1. The topological polar surface area (TPSA) is 62.3 Å². The van der Waals surface area contributed by atoms with Crippen molar-refractivity contribution in [2.45, 2.75) is 48.1 Å². The van der Waals surface area contributed by atoms with Crippen molar-refractivity contribution >= 4 is 29.3 Å². The summed E-state index contributed by atoms with van der Waals surface area (Å²) in [6, 6.07) is 11.6. The fourth-order valence-corrected chi connectivity index (χ4v) is 4.58. The van der Waals surface area contributed by atoms with Gasteiger partial charge in [-0.3, -0.25) is 9.59 Å². The van der Waals surface area contributed by atoms with Gasteiger partial charge in [-0.05, 0) is 37.1 Å². The molecule has 1 aromatic carbocycles. The van der Waals surface area contributed by atoms with Gasteiger partial charge >= 0.3 is 0 Å². The molecule has 6 heteroatoms. The molecular weight excluding hydrogens is 346 g/mol. The lowest BCUT2D eigenvalue weighted by atomic mass is 10.1. The first-order valence-electron chi connectivity index (χ1n) is 9.05. The highest BCUT2D eigenvalue weighted by Gasteiger charge is 2.28. The highest BCUT2D eigenvalue weighted by molar-refractivity contribution is 7.99. The summed E-state index contributed by atoms with van der Waals surface area (Å²) in [6.45, 7) is 0.352. The Balaban J connectivity index is 1.55. The number of hydrogen-bond donors (Lipinski definition) is 1. The second-order valence-electron chi connectivity index (χ2n) is 6.68. The molecular formula is C20H21N3O2S. The van der Waals surface area contributed by atoms with E-state index < -0.39 is 0 Å². The fraction of sp³-hybridized carbons (Fsp3) is 0.350. The molecule has 0 bridgehead atoms. The molecule has 2 aromatic rings. The predicted molar refractivity (Wildman–Crippen MR) is 101 cm³/mol. The molecule has 0 saturated heterocycles. The summed E-state index contributed by atoms with van der Waals surface area (Å²) in [6.07, 6.45) is 6.51. The average Bonchev–Trinajstić information content (AvgIpc) is 3.12. The minimum Gasteiger partial charge on any atom is -0.353 e. The lowest BCUT2D eigenvalue weighted by Crippen LogP contribution is -2.38. The number of nitrogens with zero attached hydrogens (tertiary/aromatic N) is 2. The van der Waals surface area contributed by atoms with Crippen molar-refractivity contribution in [1.29, 1.82) is 0 Å². The Labute approximate surface area is 157 Å². The fourth-order valence-electron chi connectivity index (χ4n) is 3.56. The molecule has 2 amide bonds. The standard InChI is InChI=1S/C20H21N3O2S/c24-18(22-14-6-1-2-7-14)11-13-23-16-9-5-12-21-19(16)26-17-10-4-3-8-15(17)20(23)25/h3-5,8-10,12,14H,1-2,6-7,11,13H2,(H,22,24). The number of carbonyl (C=O) groups excluding carboxylic acids is 2. The Morgan fingerprint density at radius 1 is 1.19 bits per heavy atom. The van der Waals surface area contributed by atoms with Crippen molar-refractivity contribution in [3.63, 3.8) is 0 Å². The number of amides is 2. The molecule has 5 nitrogen and oxygen atoms in total. The molecule has 134 valence electrons. The van der Waals surface area contributed by atoms with Crippen LogP contribution in [-0.4, -0.2) is 29.4 Å². The summed E-state index contributed by atoms with van der Waals surface area (Å²) in [5.74, 6) is -0.0613. The highest BCUT2D eigenvalue weighted by Crippen LogP contribution is 2.39. The number of nitrogens with one attached hydrogen (secondary N) is 1. The number of benzene rings is 1. The molecule has 2 heterocycles. The Hall–Kier alpha value is -2.34. The van der Waals surface area contributed by atoms with Crippen LogP contribution in [0.4, 0.5) is 5.69 Å². The zero-order valence-electron chi connectivity index (χ0n) is 14.5. The van der Waals surface area contributed by atoms with Crippen molar-refractivity contribution in [1.82, 2.24) is 10.3 Å². The molecule has 0 radical (unpaired) electrons. The maximum atomic E-state index is 13.1. The van der Waals surface area contributed by atoms with Gasteiger partial charge in [0.25, 0.3) is 5.91 Å². The molecule has 1 aliphatic carbocycles. The van der Waals surface area contributed by atoms with Gasteiger partial charge in [0.1, 0.15) is 5.03 Å². The Morgan fingerprint density at radius 2 is 2.00 bits per heavy atom. The van der Waals surface area contributed by atoms with Crippen LogP contribution in [0.15, 0.2) is 52.5 Å². The lowest BCUT2D eigenvalue weighted by molar-refractivity contribution is -0.121. The third-order valence-corrected chi connectivity index (χ3v) is 5.98. The van der Waals surface area contributed by atoms with Gasteiger partial charge in [0.05, 0.1) is 11.3 Å². The molecule has 0 spiro atoms. The number of carbonyl (C=O) groups is 2. The van der Waals surface area contributed by atoms with E-state index in [1.165, 1.54) is 24.6 Å². The first-order valence-corrected chi connectivity index (χ1v) is 9.87. The van der Waals surface area contributed by atoms with Crippen LogP contribution in [0.25, 0.3) is 0 Å². The molecule has 2 aliphatic rings. The van der Waals surface area contributed by atoms with E-state index in [2.05, 4.69) is 10.3 Å². The molecule has 1 saturated carbocycles. The van der Waals surface area contributed by atoms with E-state index in [4.69, 9.17) is 0 Å². The van der Waals surface area contributed by atoms with Crippen LogP contribution in [0.1, 0.15) is 42.5 Å². The smallest absolute Gasteiger partial charge is 0.259 e. The van der Waals surface area contributed by atoms with Crippen LogP contribution >= 0.6 is 11.8 Å². The van der Waals surface area contributed by atoms with Crippen molar-refractivity contribution in [2.75, 3.05) is 11.4 Å². The Kier molecular flexibility index (Phi) is 4.93. The summed E-state index contributed by atoms with van der Waals surface area (Å²) in [7, 11) is 0. The van der Waals surface area contributed by atoms with Gasteiger partial charge in [0.2, 0.25) is 5.91 Å². The van der Waals surface area contributed by atoms with E-state index >= 15 is 0 Å². The molecule has 1 fully saturated rings. The van der Waals surface area contributed by atoms with Crippen molar-refractivity contribution in [3.8, 4) is 0 Å². The monoisotopic (exact) mass is 367 g/mol. The van der Waals surface area contributed by atoms with E-state index in [0.717, 1.165) is 28.5 Å². The van der Waals surface area contributed by atoms with Gasteiger partial charge < -0.3 is 10.2 Å². The Bertz CT molecular complexity index is 833. The van der Waals surface area contributed by atoms with Crippen LogP contribution in [0, 0.1) is 0 Å². The molecule has 4 rings (SSSR count). The van der Waals surface area contributed by atoms with Gasteiger partial charge in [-0.2, -0.15) is 0 Å². The summed E-state index contributed by atoms with van der Waals surface area (Å²) in [5.41, 5.74) is 1.43. The van der Waals surface area contributed by atoms with Crippen LogP contribution in [0.2, 0.25) is 0 Å². The number of aromatic nitrogens is 1. The van der Waals surface area contributed by atoms with E-state index in [1.807, 2.05) is 36.4 Å². The predicted octanol–water partition coefficient (Wildman–Crippen LogP) is 3.64. The van der Waals surface area contributed by atoms with Crippen LogP contribution in [-0.2, 0) is 4.79 Å². The third kappa shape index (κ3) is 3.46. The second kappa shape index (κ2) is 7.50. The van der Waals surface area contributed by atoms with E-state index in [1.54, 1.807) is 11.1 Å². The third-order valence-electron chi connectivity index (χ3n) is 4.89. The number of hydrogen-bond acceptors (Lipinski definition) is 4. The van der Waals surface area contributed by atoms with Crippen LogP contribution in [0.5, 0.6) is 0 Å². The van der Waals surface area contributed by atoms with Gasteiger partial charge in [-0.25, -0.2) is 4.98 Å². The molecule has 1 aliphatic heterocycles. The molecule has 26 heavy (non-hydrogen) atoms. The van der Waals surface area contributed by atoms with Crippen molar-refractivity contribution in [3.05, 3.63) is 48.2 Å². The van der Waals surface area contributed by atoms with Gasteiger partial charge in [-0.1, -0.05) is 36.7 Å². The molecule has 0 unspecified atom stereocenters. The van der Waals surface area contributed by atoms with Gasteiger partial charge in [0.15, 0.2) is 0 Å². The quantitative estimate of drug-likeness (QED) is 0.896. The zero-order valence-corrected chi connectivity index (χ0v) is 15.3. The van der Waals surface area contributed by atoms with E-state index in [-0.39, 0.29) is 11.8 Å². The first-order chi connectivity index (χ1) is 12.7. The normalized spacial score (nSPS) is 16.8. The SMILES string of the molecule is O=C(CCN1C(=O)c2ccccc2Sc2ncccc21)NC1CCCC1. The zero-order chi connectivity index (χ0) is 17.9. The minimum atomic E-state index is -0.0754. The van der Waals surface area contributed by atoms with E-state index in [9.17, 15) is 9.59 Å². The lowest BCUT2D eigenvalue weighted by Gasteiger charge is -2.22. The number of rotatable bonds is 4. The number of anilines is 1. The maximum Gasteiger partial charge on any atom is 0.259 e. The summed E-state index contributed by atoms with van der Waals surface area (Å²) in [4.78, 5) is 32.5.